The summed E-state index contributed by atoms with van der Waals surface area (Å²) in [5.74, 6) is 0.736. The van der Waals surface area contributed by atoms with E-state index in [1.54, 1.807) is 6.20 Å². The summed E-state index contributed by atoms with van der Waals surface area (Å²) in [4.78, 5) is 11.8. The molecule has 0 saturated carbocycles. The lowest BCUT2D eigenvalue weighted by atomic mass is 9.99. The minimum atomic E-state index is 0.297. The van der Waals surface area contributed by atoms with Crippen LogP contribution in [0.2, 0.25) is 0 Å². The molecule has 1 atom stereocenters. The Hall–Kier alpha value is -1.16. The van der Waals surface area contributed by atoms with Crippen LogP contribution >= 0.6 is 0 Å². The van der Waals surface area contributed by atoms with Gasteiger partial charge in [0.1, 0.15) is 5.78 Å². The molecule has 88 valence electrons. The molecule has 1 aliphatic heterocycles. The first-order valence-electron chi connectivity index (χ1n) is 5.88. The van der Waals surface area contributed by atoms with Crippen LogP contribution in [0.25, 0.3) is 0 Å². The zero-order valence-corrected chi connectivity index (χ0v) is 9.69. The van der Waals surface area contributed by atoms with Gasteiger partial charge in [-0.3, -0.25) is 9.48 Å². The Morgan fingerprint density at radius 1 is 1.69 bits per heavy atom. The second-order valence-electron chi connectivity index (χ2n) is 4.35. The molecule has 1 fully saturated rings. The van der Waals surface area contributed by atoms with Crippen molar-refractivity contribution in [3.8, 4) is 0 Å². The first-order valence-corrected chi connectivity index (χ1v) is 5.88. The number of aromatic nitrogens is 2. The summed E-state index contributed by atoms with van der Waals surface area (Å²) in [7, 11) is 0. The third-order valence-electron chi connectivity index (χ3n) is 2.95. The standard InChI is InChI=1S/C12H18N2O2/c1-2-14-8-11(7-13-14)6-12(15)5-10-3-4-16-9-10/h7-8,10H,2-6,9H2,1H3. The molecule has 0 amide bonds. The predicted octanol–water partition coefficient (Wildman–Crippen LogP) is 1.44. The van der Waals surface area contributed by atoms with E-state index in [2.05, 4.69) is 5.10 Å². The van der Waals surface area contributed by atoms with E-state index in [-0.39, 0.29) is 0 Å². The number of nitrogens with zero attached hydrogens (tertiary/aromatic N) is 2. The highest BCUT2D eigenvalue weighted by molar-refractivity contribution is 5.80. The molecule has 1 aromatic rings. The molecule has 1 unspecified atom stereocenters. The highest BCUT2D eigenvalue weighted by Gasteiger charge is 2.19. The fraction of sp³-hybridized carbons (Fsp3) is 0.667. The monoisotopic (exact) mass is 222 g/mol. The van der Waals surface area contributed by atoms with Crippen LogP contribution in [0.3, 0.4) is 0 Å². The number of ketones is 1. The molecule has 16 heavy (non-hydrogen) atoms. The van der Waals surface area contributed by atoms with Crippen molar-refractivity contribution in [1.82, 2.24) is 9.78 Å². The van der Waals surface area contributed by atoms with E-state index in [4.69, 9.17) is 4.74 Å². The Labute approximate surface area is 95.6 Å². The summed E-state index contributed by atoms with van der Waals surface area (Å²) in [6.07, 6.45) is 5.92. The SMILES string of the molecule is CCn1cc(CC(=O)CC2CCOC2)cn1. The average molecular weight is 222 g/mol. The lowest BCUT2D eigenvalue weighted by Gasteiger charge is -2.04. The van der Waals surface area contributed by atoms with Crippen LogP contribution in [0.15, 0.2) is 12.4 Å². The van der Waals surface area contributed by atoms with Crippen LogP contribution in [0, 0.1) is 5.92 Å². The maximum absolute atomic E-state index is 11.8. The van der Waals surface area contributed by atoms with E-state index in [0.717, 1.165) is 31.7 Å². The maximum atomic E-state index is 11.8. The van der Waals surface area contributed by atoms with Crippen molar-refractivity contribution in [1.29, 1.82) is 0 Å². The summed E-state index contributed by atoms with van der Waals surface area (Å²) in [6.45, 7) is 4.45. The van der Waals surface area contributed by atoms with E-state index in [1.807, 2.05) is 17.8 Å². The molecule has 4 heteroatoms. The van der Waals surface area contributed by atoms with Gasteiger partial charge >= 0.3 is 0 Å². The molecule has 0 bridgehead atoms. The summed E-state index contributed by atoms with van der Waals surface area (Å²) in [6, 6.07) is 0. The molecule has 2 rings (SSSR count). The van der Waals surface area contributed by atoms with Gasteiger partial charge in [-0.1, -0.05) is 0 Å². The van der Waals surface area contributed by atoms with Crippen molar-refractivity contribution >= 4 is 5.78 Å². The second kappa shape index (κ2) is 5.25. The molecule has 0 aromatic carbocycles. The van der Waals surface area contributed by atoms with E-state index in [0.29, 0.717) is 24.5 Å². The van der Waals surface area contributed by atoms with E-state index in [1.165, 1.54) is 0 Å². The maximum Gasteiger partial charge on any atom is 0.137 e. The van der Waals surface area contributed by atoms with Gasteiger partial charge in [-0.2, -0.15) is 5.10 Å². The van der Waals surface area contributed by atoms with Crippen LogP contribution in [0.1, 0.15) is 25.3 Å². The van der Waals surface area contributed by atoms with E-state index < -0.39 is 0 Å². The highest BCUT2D eigenvalue weighted by Crippen LogP contribution is 2.17. The van der Waals surface area contributed by atoms with Gasteiger partial charge in [0.25, 0.3) is 0 Å². The van der Waals surface area contributed by atoms with E-state index in [9.17, 15) is 4.79 Å². The highest BCUT2D eigenvalue weighted by atomic mass is 16.5. The Kier molecular flexibility index (Phi) is 3.72. The smallest absolute Gasteiger partial charge is 0.137 e. The van der Waals surface area contributed by atoms with Gasteiger partial charge in [0.05, 0.1) is 6.20 Å². The van der Waals surface area contributed by atoms with Crippen LogP contribution in [0.4, 0.5) is 0 Å². The lowest BCUT2D eigenvalue weighted by Crippen LogP contribution is -2.10. The fourth-order valence-electron chi connectivity index (χ4n) is 2.04. The first kappa shape index (κ1) is 11.3. The van der Waals surface area contributed by atoms with Crippen molar-refractivity contribution in [2.45, 2.75) is 32.7 Å². The molecular weight excluding hydrogens is 204 g/mol. The minimum absolute atomic E-state index is 0.297. The van der Waals surface area contributed by atoms with Gasteiger partial charge in [-0.15, -0.1) is 0 Å². The molecular formula is C12H18N2O2. The summed E-state index contributed by atoms with van der Waals surface area (Å²) < 4.78 is 7.11. The summed E-state index contributed by atoms with van der Waals surface area (Å²) in [5.41, 5.74) is 1.02. The third-order valence-corrected chi connectivity index (χ3v) is 2.95. The van der Waals surface area contributed by atoms with Crippen molar-refractivity contribution in [3.63, 3.8) is 0 Å². The normalized spacial score (nSPS) is 20.2. The number of aryl methyl sites for hydroxylation is 1. The van der Waals surface area contributed by atoms with Gasteiger partial charge in [0.2, 0.25) is 0 Å². The summed E-state index contributed by atoms with van der Waals surface area (Å²) >= 11 is 0. The van der Waals surface area contributed by atoms with Crippen LogP contribution in [0.5, 0.6) is 0 Å². The minimum Gasteiger partial charge on any atom is -0.381 e. The predicted molar refractivity (Wildman–Crippen MR) is 60.2 cm³/mol. The van der Waals surface area contributed by atoms with Crippen molar-refractivity contribution in [2.24, 2.45) is 5.92 Å². The van der Waals surface area contributed by atoms with Gasteiger partial charge in [-0.25, -0.2) is 0 Å². The molecule has 0 aliphatic carbocycles. The zero-order chi connectivity index (χ0) is 11.4. The number of ether oxygens (including phenoxy) is 1. The quantitative estimate of drug-likeness (QED) is 0.757. The van der Waals surface area contributed by atoms with Gasteiger partial charge in [0, 0.05) is 38.8 Å². The largest absolute Gasteiger partial charge is 0.381 e. The van der Waals surface area contributed by atoms with Crippen LogP contribution in [-0.4, -0.2) is 28.8 Å². The lowest BCUT2D eigenvalue weighted by molar-refractivity contribution is -0.119. The van der Waals surface area contributed by atoms with Crippen LogP contribution < -0.4 is 0 Å². The van der Waals surface area contributed by atoms with Crippen molar-refractivity contribution in [3.05, 3.63) is 18.0 Å². The molecule has 1 aliphatic rings. The average Bonchev–Trinajstić information content (AvgIpc) is 2.89. The topological polar surface area (TPSA) is 44.1 Å². The Morgan fingerprint density at radius 3 is 3.19 bits per heavy atom. The first-order chi connectivity index (χ1) is 7.78. The van der Waals surface area contributed by atoms with Crippen LogP contribution in [-0.2, 0) is 22.5 Å². The van der Waals surface area contributed by atoms with Gasteiger partial charge in [-0.05, 0) is 24.8 Å². The summed E-state index contributed by atoms with van der Waals surface area (Å²) in [5, 5.41) is 4.16. The number of hydrogen-bond donors (Lipinski definition) is 0. The number of Topliss-reactive ketones (excluding diaryl/α,β-unsaturated/α-hetero) is 1. The number of hydrogen-bond acceptors (Lipinski definition) is 3. The third kappa shape index (κ3) is 2.92. The fourth-order valence-corrected chi connectivity index (χ4v) is 2.04. The number of rotatable bonds is 5. The molecule has 2 heterocycles. The Balaban J connectivity index is 1.81. The number of carbonyl (C=O) groups excluding carboxylic acids is 1. The molecule has 1 saturated heterocycles. The molecule has 0 N–H and O–H groups in total. The second-order valence-corrected chi connectivity index (χ2v) is 4.35. The number of carbonyl (C=O) groups is 1. The van der Waals surface area contributed by atoms with Crippen molar-refractivity contribution in [2.75, 3.05) is 13.2 Å². The molecule has 0 radical (unpaired) electrons. The van der Waals surface area contributed by atoms with E-state index >= 15 is 0 Å². The van der Waals surface area contributed by atoms with Gasteiger partial charge < -0.3 is 4.74 Å². The molecule has 1 aromatic heterocycles. The van der Waals surface area contributed by atoms with Gasteiger partial charge in [0.15, 0.2) is 0 Å². The Bertz CT molecular complexity index is 354. The zero-order valence-electron chi connectivity index (χ0n) is 9.69. The molecule has 4 nitrogen and oxygen atoms in total. The molecule has 0 spiro atoms. The Morgan fingerprint density at radius 2 is 2.56 bits per heavy atom. The van der Waals surface area contributed by atoms with Crippen molar-refractivity contribution < 1.29 is 9.53 Å².